The average molecular weight is 340 g/mol. The monoisotopic (exact) mass is 339 g/mol. The molecule has 4 nitrogen and oxygen atoms in total. The van der Waals surface area contributed by atoms with E-state index in [1.54, 1.807) is 11.9 Å². The van der Waals surface area contributed by atoms with E-state index in [2.05, 4.69) is 15.9 Å². The van der Waals surface area contributed by atoms with Gasteiger partial charge in [-0.25, -0.2) is 0 Å². The molecule has 0 bridgehead atoms. The number of aliphatic carboxylic acids is 1. The minimum Gasteiger partial charge on any atom is -0.481 e. The number of halogens is 1. The number of amides is 1. The molecule has 1 saturated carbocycles. The molecule has 1 aromatic rings. The molecule has 1 amide bonds. The Hall–Kier alpha value is -1.36. The number of carboxylic acids is 1. The first-order valence-corrected chi connectivity index (χ1v) is 7.48. The smallest absolute Gasteiger partial charge is 0.305 e. The summed E-state index contributed by atoms with van der Waals surface area (Å²) in [4.78, 5) is 24.8. The van der Waals surface area contributed by atoms with Gasteiger partial charge in [0.1, 0.15) is 0 Å². The normalized spacial score (nSPS) is 16.3. The van der Waals surface area contributed by atoms with Gasteiger partial charge in [-0.05, 0) is 30.5 Å². The number of nitrogens with zero attached hydrogens (tertiary/aromatic N) is 1. The van der Waals surface area contributed by atoms with E-state index in [4.69, 9.17) is 5.11 Å². The van der Waals surface area contributed by atoms with Crippen LogP contribution >= 0.6 is 15.9 Å². The van der Waals surface area contributed by atoms with Crippen molar-refractivity contribution in [3.05, 3.63) is 34.3 Å². The highest BCUT2D eigenvalue weighted by atomic mass is 79.9. The standard InChI is InChI=1S/C15H18BrNO3/c1-17(10-7-13(18)19)14(20)15(8-2-9-15)11-3-5-12(16)6-4-11/h3-6H,2,7-10H2,1H3,(H,18,19). The van der Waals surface area contributed by atoms with Crippen molar-refractivity contribution in [1.29, 1.82) is 0 Å². The van der Waals surface area contributed by atoms with Gasteiger partial charge in [-0.1, -0.05) is 34.5 Å². The zero-order valence-corrected chi connectivity index (χ0v) is 13.0. The lowest BCUT2D eigenvalue weighted by atomic mass is 9.63. The van der Waals surface area contributed by atoms with Crippen LogP contribution in [0.3, 0.4) is 0 Å². The molecule has 1 fully saturated rings. The number of likely N-dealkylation sites (N-methyl/N-ethyl adjacent to an activating group) is 1. The topological polar surface area (TPSA) is 57.6 Å². The number of hydrogen-bond acceptors (Lipinski definition) is 2. The van der Waals surface area contributed by atoms with Crippen LogP contribution < -0.4 is 0 Å². The summed E-state index contributed by atoms with van der Waals surface area (Å²) in [5.41, 5.74) is 0.577. The molecule has 1 aliphatic rings. The summed E-state index contributed by atoms with van der Waals surface area (Å²) >= 11 is 3.40. The van der Waals surface area contributed by atoms with Gasteiger partial charge in [0, 0.05) is 18.1 Å². The molecule has 0 radical (unpaired) electrons. The van der Waals surface area contributed by atoms with E-state index in [1.165, 1.54) is 0 Å². The lowest BCUT2D eigenvalue weighted by Gasteiger charge is -2.43. The molecule has 0 aliphatic heterocycles. The molecule has 108 valence electrons. The third-order valence-corrected chi connectivity index (χ3v) is 4.55. The maximum Gasteiger partial charge on any atom is 0.305 e. The number of carbonyl (C=O) groups excluding carboxylic acids is 1. The summed E-state index contributed by atoms with van der Waals surface area (Å²) in [6.07, 6.45) is 2.70. The first-order valence-electron chi connectivity index (χ1n) is 6.69. The predicted octanol–water partition coefficient (Wildman–Crippen LogP) is 2.80. The van der Waals surface area contributed by atoms with Crippen molar-refractivity contribution in [2.75, 3.05) is 13.6 Å². The minimum absolute atomic E-state index is 0.0152. The molecule has 5 heteroatoms. The van der Waals surface area contributed by atoms with Crippen molar-refractivity contribution in [3.8, 4) is 0 Å². The second-order valence-electron chi connectivity index (χ2n) is 5.31. The second-order valence-corrected chi connectivity index (χ2v) is 6.23. The van der Waals surface area contributed by atoms with E-state index in [0.717, 1.165) is 29.3 Å². The molecule has 0 spiro atoms. The summed E-state index contributed by atoms with van der Waals surface area (Å²) in [6, 6.07) is 7.85. The molecular formula is C15H18BrNO3. The number of carboxylic acid groups (broad SMARTS) is 1. The first kappa shape index (κ1) is 15.0. The molecule has 1 aliphatic carbocycles. The Morgan fingerprint density at radius 2 is 1.90 bits per heavy atom. The Morgan fingerprint density at radius 3 is 2.35 bits per heavy atom. The predicted molar refractivity (Wildman–Crippen MR) is 79.6 cm³/mol. The summed E-state index contributed by atoms with van der Waals surface area (Å²) in [7, 11) is 1.68. The van der Waals surface area contributed by atoms with Gasteiger partial charge in [0.05, 0.1) is 11.8 Å². The number of rotatable bonds is 5. The highest BCUT2D eigenvalue weighted by Gasteiger charge is 2.46. The van der Waals surface area contributed by atoms with Crippen molar-refractivity contribution >= 4 is 27.8 Å². The van der Waals surface area contributed by atoms with Gasteiger partial charge in [0.25, 0.3) is 0 Å². The maximum atomic E-state index is 12.7. The van der Waals surface area contributed by atoms with Gasteiger partial charge in [-0.15, -0.1) is 0 Å². The summed E-state index contributed by atoms with van der Waals surface area (Å²) in [5, 5.41) is 8.72. The number of hydrogen-bond donors (Lipinski definition) is 1. The van der Waals surface area contributed by atoms with E-state index in [-0.39, 0.29) is 18.9 Å². The molecular weight excluding hydrogens is 322 g/mol. The van der Waals surface area contributed by atoms with Gasteiger partial charge in [-0.3, -0.25) is 9.59 Å². The van der Waals surface area contributed by atoms with E-state index in [9.17, 15) is 9.59 Å². The molecule has 0 saturated heterocycles. The number of benzene rings is 1. The average Bonchev–Trinajstić information content (AvgIpc) is 2.36. The third-order valence-electron chi connectivity index (χ3n) is 4.02. The molecule has 20 heavy (non-hydrogen) atoms. The quantitative estimate of drug-likeness (QED) is 0.897. The van der Waals surface area contributed by atoms with Crippen LogP contribution in [-0.2, 0) is 15.0 Å². The van der Waals surface area contributed by atoms with E-state index >= 15 is 0 Å². The van der Waals surface area contributed by atoms with E-state index < -0.39 is 11.4 Å². The van der Waals surface area contributed by atoms with Crippen molar-refractivity contribution in [1.82, 2.24) is 4.90 Å². The highest BCUT2D eigenvalue weighted by molar-refractivity contribution is 9.10. The van der Waals surface area contributed by atoms with Crippen LogP contribution in [0.15, 0.2) is 28.7 Å². The Labute approximate surface area is 126 Å². The van der Waals surface area contributed by atoms with Crippen LogP contribution in [0.5, 0.6) is 0 Å². The van der Waals surface area contributed by atoms with E-state index in [1.807, 2.05) is 24.3 Å². The van der Waals surface area contributed by atoms with Gasteiger partial charge in [0.2, 0.25) is 5.91 Å². The largest absolute Gasteiger partial charge is 0.481 e. The van der Waals surface area contributed by atoms with Gasteiger partial charge >= 0.3 is 5.97 Å². The first-order chi connectivity index (χ1) is 9.45. The van der Waals surface area contributed by atoms with Gasteiger partial charge in [-0.2, -0.15) is 0 Å². The molecule has 0 aromatic heterocycles. The van der Waals surface area contributed by atoms with Crippen molar-refractivity contribution in [3.63, 3.8) is 0 Å². The SMILES string of the molecule is CN(CCC(=O)O)C(=O)C1(c2ccc(Br)cc2)CCC1. The van der Waals surface area contributed by atoms with Crippen LogP contribution in [0.4, 0.5) is 0 Å². The summed E-state index contributed by atoms with van der Waals surface area (Å²) < 4.78 is 0.988. The van der Waals surface area contributed by atoms with Crippen molar-refractivity contribution < 1.29 is 14.7 Å². The fraction of sp³-hybridized carbons (Fsp3) is 0.467. The van der Waals surface area contributed by atoms with Crippen LogP contribution in [-0.4, -0.2) is 35.5 Å². The van der Waals surface area contributed by atoms with Crippen LogP contribution in [0.1, 0.15) is 31.2 Å². The molecule has 2 rings (SSSR count). The molecule has 0 unspecified atom stereocenters. The van der Waals surface area contributed by atoms with Crippen molar-refractivity contribution in [2.24, 2.45) is 0 Å². The lowest BCUT2D eigenvalue weighted by Crippen LogP contribution is -2.50. The summed E-state index contributed by atoms with van der Waals surface area (Å²) in [5.74, 6) is -0.844. The van der Waals surface area contributed by atoms with Gasteiger partial charge in [0.15, 0.2) is 0 Å². The maximum absolute atomic E-state index is 12.7. The number of carbonyl (C=O) groups is 2. The van der Waals surface area contributed by atoms with Crippen LogP contribution in [0, 0.1) is 0 Å². The fourth-order valence-corrected chi connectivity index (χ4v) is 2.92. The third kappa shape index (κ3) is 2.87. The van der Waals surface area contributed by atoms with Crippen LogP contribution in [0.2, 0.25) is 0 Å². The molecule has 0 heterocycles. The second kappa shape index (κ2) is 5.95. The Morgan fingerprint density at radius 1 is 1.30 bits per heavy atom. The summed E-state index contributed by atoms with van der Waals surface area (Å²) in [6.45, 7) is 0.256. The Kier molecular flexibility index (Phi) is 4.48. The highest BCUT2D eigenvalue weighted by Crippen LogP contribution is 2.45. The Balaban J connectivity index is 2.16. The molecule has 0 atom stereocenters. The Bertz CT molecular complexity index is 508. The zero-order chi connectivity index (χ0) is 14.8. The fourth-order valence-electron chi connectivity index (χ4n) is 2.66. The van der Waals surface area contributed by atoms with Gasteiger partial charge < -0.3 is 10.0 Å². The zero-order valence-electron chi connectivity index (χ0n) is 11.4. The molecule has 1 aromatic carbocycles. The van der Waals surface area contributed by atoms with E-state index in [0.29, 0.717) is 0 Å². The minimum atomic E-state index is -0.879. The lowest BCUT2D eigenvalue weighted by molar-refractivity contribution is -0.141. The van der Waals surface area contributed by atoms with Crippen LogP contribution in [0.25, 0.3) is 0 Å². The molecule has 1 N–H and O–H groups in total. The van der Waals surface area contributed by atoms with Crippen molar-refractivity contribution in [2.45, 2.75) is 31.1 Å².